The largest absolute Gasteiger partial charge is 0.493 e. The average molecular weight is 237 g/mol. The van der Waals surface area contributed by atoms with Gasteiger partial charge in [-0.2, -0.15) is 0 Å². The molecule has 0 saturated heterocycles. The summed E-state index contributed by atoms with van der Waals surface area (Å²) in [7, 11) is 0. The van der Waals surface area contributed by atoms with Crippen LogP contribution in [-0.4, -0.2) is 30.1 Å². The molecule has 1 rings (SSSR count). The van der Waals surface area contributed by atoms with E-state index in [1.54, 1.807) is 24.3 Å². The van der Waals surface area contributed by atoms with Crippen LogP contribution in [-0.2, 0) is 0 Å². The van der Waals surface area contributed by atoms with Gasteiger partial charge in [0.2, 0.25) is 0 Å². The fraction of sp³-hybridized carbons (Fsp3) is 0.273. The number of ether oxygens (including phenoxy) is 1. The van der Waals surface area contributed by atoms with Gasteiger partial charge in [0.25, 0.3) is 5.91 Å². The second-order valence-corrected chi connectivity index (χ2v) is 3.20. The van der Waals surface area contributed by atoms with Crippen molar-refractivity contribution in [2.75, 3.05) is 13.2 Å². The maximum Gasteiger partial charge on any atom is 0.255 e. The molecule has 0 aliphatic heterocycles. The molecule has 0 unspecified atom stereocenters. The second-order valence-electron chi connectivity index (χ2n) is 3.20. The van der Waals surface area contributed by atoms with Crippen molar-refractivity contribution in [2.45, 2.75) is 6.92 Å². The van der Waals surface area contributed by atoms with Gasteiger partial charge in [-0.15, -0.1) is 0 Å². The highest BCUT2D eigenvalue weighted by Crippen LogP contribution is 2.17. The van der Waals surface area contributed by atoms with Crippen LogP contribution in [0.5, 0.6) is 5.75 Å². The molecule has 0 heterocycles. The minimum atomic E-state index is -0.333. The Labute approximate surface area is 99.1 Å². The molecule has 1 aromatic carbocycles. The molecule has 0 spiro atoms. The molecule has 0 aliphatic rings. The minimum absolute atomic E-state index is 0.0181. The van der Waals surface area contributed by atoms with Crippen LogP contribution in [0.1, 0.15) is 17.3 Å². The molecular weight excluding hydrogens is 222 g/mol. The third-order valence-corrected chi connectivity index (χ3v) is 1.99. The maximum absolute atomic E-state index is 11.8. The molecule has 4 N–H and O–H groups in total. The van der Waals surface area contributed by atoms with Gasteiger partial charge in [0.15, 0.2) is 5.84 Å². The summed E-state index contributed by atoms with van der Waals surface area (Å²) < 4.78 is 5.32. The second kappa shape index (κ2) is 6.37. The fourth-order valence-electron chi connectivity index (χ4n) is 1.24. The van der Waals surface area contributed by atoms with Gasteiger partial charge < -0.3 is 21.0 Å². The quantitative estimate of drug-likeness (QED) is 0.302. The lowest BCUT2D eigenvalue weighted by Gasteiger charge is -2.09. The van der Waals surface area contributed by atoms with Crippen LogP contribution >= 0.6 is 0 Å². The summed E-state index contributed by atoms with van der Waals surface area (Å²) in [5.74, 6) is 0.111. The predicted octanol–water partition coefficient (Wildman–Crippen LogP) is 0.562. The van der Waals surface area contributed by atoms with Crippen LogP contribution in [0.25, 0.3) is 0 Å². The van der Waals surface area contributed by atoms with Crippen LogP contribution in [0.4, 0.5) is 0 Å². The third-order valence-electron chi connectivity index (χ3n) is 1.99. The molecule has 92 valence electrons. The number of nitrogens with zero attached hydrogens (tertiary/aromatic N) is 1. The highest BCUT2D eigenvalue weighted by Gasteiger charge is 2.11. The summed E-state index contributed by atoms with van der Waals surface area (Å²) in [5, 5.41) is 13.6. The topological polar surface area (TPSA) is 96.9 Å². The van der Waals surface area contributed by atoms with E-state index in [-0.39, 0.29) is 18.3 Å². The third kappa shape index (κ3) is 3.67. The van der Waals surface area contributed by atoms with E-state index in [0.29, 0.717) is 17.9 Å². The summed E-state index contributed by atoms with van der Waals surface area (Å²) in [4.78, 5) is 11.8. The smallest absolute Gasteiger partial charge is 0.255 e. The van der Waals surface area contributed by atoms with Crippen molar-refractivity contribution in [2.24, 2.45) is 10.9 Å². The normalized spacial score (nSPS) is 11.0. The summed E-state index contributed by atoms with van der Waals surface area (Å²) in [6, 6.07) is 6.88. The van der Waals surface area contributed by atoms with Gasteiger partial charge in [-0.3, -0.25) is 4.79 Å². The van der Waals surface area contributed by atoms with E-state index in [2.05, 4.69) is 10.5 Å². The van der Waals surface area contributed by atoms with Crippen molar-refractivity contribution in [3.05, 3.63) is 29.8 Å². The van der Waals surface area contributed by atoms with E-state index in [1.807, 2.05) is 6.92 Å². The number of carbonyl (C=O) groups excluding carboxylic acids is 1. The van der Waals surface area contributed by atoms with Gasteiger partial charge in [-0.1, -0.05) is 17.3 Å². The Kier molecular flexibility index (Phi) is 4.80. The van der Waals surface area contributed by atoms with E-state index in [9.17, 15) is 4.79 Å². The maximum atomic E-state index is 11.8. The van der Waals surface area contributed by atoms with Crippen LogP contribution in [0, 0.1) is 0 Å². The lowest BCUT2D eigenvalue weighted by molar-refractivity contribution is 0.0955. The van der Waals surface area contributed by atoms with E-state index in [4.69, 9.17) is 15.7 Å². The van der Waals surface area contributed by atoms with Crippen molar-refractivity contribution in [1.29, 1.82) is 0 Å². The summed E-state index contributed by atoms with van der Waals surface area (Å²) >= 11 is 0. The van der Waals surface area contributed by atoms with Crippen LogP contribution in [0.3, 0.4) is 0 Å². The zero-order valence-electron chi connectivity index (χ0n) is 9.51. The Balaban J connectivity index is 2.74. The van der Waals surface area contributed by atoms with Crippen molar-refractivity contribution >= 4 is 11.7 Å². The first-order chi connectivity index (χ1) is 8.19. The molecule has 0 atom stereocenters. The SMILES string of the molecule is CCOc1ccccc1C(=O)NC/C(N)=N/O. The van der Waals surface area contributed by atoms with E-state index in [0.717, 1.165) is 0 Å². The van der Waals surface area contributed by atoms with E-state index < -0.39 is 0 Å². The number of amidine groups is 1. The molecule has 0 bridgehead atoms. The fourth-order valence-corrected chi connectivity index (χ4v) is 1.24. The number of hydrogen-bond acceptors (Lipinski definition) is 4. The van der Waals surface area contributed by atoms with Gasteiger partial charge in [0, 0.05) is 0 Å². The molecule has 0 radical (unpaired) electrons. The van der Waals surface area contributed by atoms with E-state index >= 15 is 0 Å². The molecule has 0 aliphatic carbocycles. The Morgan fingerprint density at radius 1 is 1.53 bits per heavy atom. The van der Waals surface area contributed by atoms with Crippen molar-refractivity contribution in [3.8, 4) is 5.75 Å². The number of amides is 1. The molecule has 17 heavy (non-hydrogen) atoms. The zero-order valence-corrected chi connectivity index (χ0v) is 9.51. The molecular formula is C11H15N3O3. The number of rotatable bonds is 5. The number of benzene rings is 1. The highest BCUT2D eigenvalue weighted by molar-refractivity contribution is 5.99. The van der Waals surface area contributed by atoms with Gasteiger partial charge in [-0.25, -0.2) is 0 Å². The lowest BCUT2D eigenvalue weighted by atomic mass is 10.2. The summed E-state index contributed by atoms with van der Waals surface area (Å²) in [6.45, 7) is 2.30. The molecule has 6 heteroatoms. The Hall–Kier alpha value is -2.24. The van der Waals surface area contributed by atoms with Crippen molar-refractivity contribution in [3.63, 3.8) is 0 Å². The zero-order chi connectivity index (χ0) is 12.7. The Morgan fingerprint density at radius 3 is 2.88 bits per heavy atom. The van der Waals surface area contributed by atoms with Gasteiger partial charge in [0.1, 0.15) is 5.75 Å². The molecule has 0 saturated carbocycles. The highest BCUT2D eigenvalue weighted by atomic mass is 16.5. The van der Waals surface area contributed by atoms with Crippen molar-refractivity contribution in [1.82, 2.24) is 5.32 Å². The summed E-state index contributed by atoms with van der Waals surface area (Å²) in [6.07, 6.45) is 0. The Morgan fingerprint density at radius 2 is 2.24 bits per heavy atom. The first kappa shape index (κ1) is 12.8. The van der Waals surface area contributed by atoms with Crippen LogP contribution in [0.2, 0.25) is 0 Å². The number of carbonyl (C=O) groups is 1. The molecule has 6 nitrogen and oxygen atoms in total. The minimum Gasteiger partial charge on any atom is -0.493 e. The first-order valence-electron chi connectivity index (χ1n) is 5.15. The number of oxime groups is 1. The number of nitrogens with two attached hydrogens (primary N) is 1. The standard InChI is InChI=1S/C11H15N3O3/c1-2-17-9-6-4-3-5-8(9)11(15)13-7-10(12)14-16/h3-6,16H,2,7H2,1H3,(H2,12,14)(H,13,15). The number of para-hydroxylation sites is 1. The monoisotopic (exact) mass is 237 g/mol. The van der Waals surface area contributed by atoms with Crippen LogP contribution in [0.15, 0.2) is 29.4 Å². The average Bonchev–Trinajstić information content (AvgIpc) is 2.36. The molecule has 0 fully saturated rings. The van der Waals surface area contributed by atoms with E-state index in [1.165, 1.54) is 0 Å². The molecule has 1 aromatic rings. The predicted molar refractivity (Wildman–Crippen MR) is 63.4 cm³/mol. The molecule has 1 amide bonds. The van der Waals surface area contributed by atoms with Crippen molar-refractivity contribution < 1.29 is 14.7 Å². The van der Waals surface area contributed by atoms with Gasteiger partial charge >= 0.3 is 0 Å². The number of nitrogens with one attached hydrogen (secondary N) is 1. The lowest BCUT2D eigenvalue weighted by Crippen LogP contribution is -2.33. The Bertz CT molecular complexity index is 418. The summed E-state index contributed by atoms with van der Waals surface area (Å²) in [5.41, 5.74) is 5.67. The van der Waals surface area contributed by atoms with Gasteiger partial charge in [-0.05, 0) is 19.1 Å². The van der Waals surface area contributed by atoms with Crippen LogP contribution < -0.4 is 15.8 Å². The molecule has 0 aromatic heterocycles. The number of hydrogen-bond donors (Lipinski definition) is 3. The van der Waals surface area contributed by atoms with Gasteiger partial charge in [0.05, 0.1) is 18.7 Å². The first-order valence-corrected chi connectivity index (χ1v) is 5.15.